The molecular weight excluding hydrogens is 296 g/mol. The van der Waals surface area contributed by atoms with E-state index in [4.69, 9.17) is 9.47 Å². The van der Waals surface area contributed by atoms with Gasteiger partial charge in [0.2, 0.25) is 5.91 Å². The van der Waals surface area contributed by atoms with Crippen molar-refractivity contribution in [2.24, 2.45) is 7.05 Å². The number of aliphatic hydroxyl groups excluding tert-OH is 1. The van der Waals surface area contributed by atoms with Gasteiger partial charge in [-0.2, -0.15) is 0 Å². The van der Waals surface area contributed by atoms with Gasteiger partial charge in [0.05, 0.1) is 18.8 Å². The molecule has 1 aromatic heterocycles. The van der Waals surface area contributed by atoms with Gasteiger partial charge in [-0.25, -0.2) is 0 Å². The van der Waals surface area contributed by atoms with E-state index in [1.54, 1.807) is 7.11 Å². The molecule has 0 radical (unpaired) electrons. The van der Waals surface area contributed by atoms with E-state index in [9.17, 15) is 9.90 Å². The molecule has 124 valence electrons. The molecule has 4 atom stereocenters. The molecule has 1 aliphatic rings. The average molecular weight is 318 g/mol. The minimum absolute atomic E-state index is 0.181. The molecule has 0 aliphatic carbocycles. The third kappa shape index (κ3) is 2.85. The number of benzene rings is 1. The highest BCUT2D eigenvalue weighted by Gasteiger charge is 2.46. The number of methoxy groups -OCH3 is 1. The number of rotatable bonds is 4. The van der Waals surface area contributed by atoms with E-state index in [1.165, 1.54) is 6.92 Å². The summed E-state index contributed by atoms with van der Waals surface area (Å²) in [5, 5.41) is 14.2. The van der Waals surface area contributed by atoms with E-state index in [0.717, 1.165) is 16.5 Å². The SMILES string of the molecule is COC[C@H]1OC(O)[C@@H](NC(C)=O)[C@@H]1c1cn(C)c2ccccc12. The molecule has 2 aromatic rings. The normalized spacial score (nSPS) is 27.5. The third-order valence-corrected chi connectivity index (χ3v) is 4.40. The molecule has 6 nitrogen and oxygen atoms in total. The first-order valence-corrected chi connectivity index (χ1v) is 7.66. The molecule has 6 heteroatoms. The van der Waals surface area contributed by atoms with Crippen LogP contribution in [-0.4, -0.2) is 47.7 Å². The van der Waals surface area contributed by atoms with Crippen molar-refractivity contribution in [2.45, 2.75) is 31.3 Å². The Morgan fingerprint density at radius 1 is 1.43 bits per heavy atom. The molecule has 0 saturated carbocycles. The van der Waals surface area contributed by atoms with Crippen LogP contribution in [0.3, 0.4) is 0 Å². The zero-order chi connectivity index (χ0) is 16.6. The molecule has 2 N–H and O–H groups in total. The Kier molecular flexibility index (Phi) is 4.39. The van der Waals surface area contributed by atoms with Gasteiger partial charge in [-0.3, -0.25) is 4.79 Å². The second-order valence-corrected chi connectivity index (χ2v) is 5.99. The molecule has 1 aromatic carbocycles. The average Bonchev–Trinajstić information content (AvgIpc) is 2.98. The molecule has 1 aliphatic heterocycles. The number of ether oxygens (including phenoxy) is 2. The van der Waals surface area contributed by atoms with E-state index in [0.29, 0.717) is 6.61 Å². The number of aryl methyl sites for hydroxylation is 1. The van der Waals surface area contributed by atoms with Crippen LogP contribution in [-0.2, 0) is 21.3 Å². The van der Waals surface area contributed by atoms with Crippen LogP contribution in [0.1, 0.15) is 18.4 Å². The molecule has 0 bridgehead atoms. The smallest absolute Gasteiger partial charge is 0.217 e. The van der Waals surface area contributed by atoms with Gasteiger partial charge < -0.3 is 24.5 Å². The van der Waals surface area contributed by atoms with Crippen molar-refractivity contribution in [1.82, 2.24) is 9.88 Å². The van der Waals surface area contributed by atoms with Gasteiger partial charge in [0.1, 0.15) is 0 Å². The maximum Gasteiger partial charge on any atom is 0.217 e. The highest BCUT2D eigenvalue weighted by molar-refractivity contribution is 5.85. The number of nitrogens with one attached hydrogen (secondary N) is 1. The minimum Gasteiger partial charge on any atom is -0.382 e. The quantitative estimate of drug-likeness (QED) is 0.886. The number of nitrogens with zero attached hydrogens (tertiary/aromatic N) is 1. The largest absolute Gasteiger partial charge is 0.382 e. The van der Waals surface area contributed by atoms with Gasteiger partial charge in [-0.1, -0.05) is 18.2 Å². The Morgan fingerprint density at radius 2 is 2.17 bits per heavy atom. The van der Waals surface area contributed by atoms with E-state index in [2.05, 4.69) is 5.32 Å². The highest BCUT2D eigenvalue weighted by atomic mass is 16.6. The summed E-state index contributed by atoms with van der Waals surface area (Å²) >= 11 is 0. The van der Waals surface area contributed by atoms with Crippen molar-refractivity contribution >= 4 is 16.8 Å². The number of aromatic nitrogens is 1. The molecule has 2 heterocycles. The van der Waals surface area contributed by atoms with E-state index in [1.807, 2.05) is 42.1 Å². The van der Waals surface area contributed by atoms with Crippen molar-refractivity contribution in [3.8, 4) is 0 Å². The van der Waals surface area contributed by atoms with Crippen LogP contribution in [0.5, 0.6) is 0 Å². The summed E-state index contributed by atoms with van der Waals surface area (Å²) in [5.74, 6) is -0.374. The summed E-state index contributed by atoms with van der Waals surface area (Å²) < 4.78 is 12.9. The van der Waals surface area contributed by atoms with Crippen molar-refractivity contribution in [2.75, 3.05) is 13.7 Å². The highest BCUT2D eigenvalue weighted by Crippen LogP contribution is 2.39. The molecule has 1 amide bonds. The summed E-state index contributed by atoms with van der Waals surface area (Å²) in [6.07, 6.45) is 0.662. The lowest BCUT2D eigenvalue weighted by molar-refractivity contribution is -0.127. The predicted molar refractivity (Wildman–Crippen MR) is 86.0 cm³/mol. The van der Waals surface area contributed by atoms with Gasteiger partial charge >= 0.3 is 0 Å². The Balaban J connectivity index is 2.08. The Morgan fingerprint density at radius 3 is 2.87 bits per heavy atom. The lowest BCUT2D eigenvalue weighted by atomic mass is 9.88. The van der Waals surface area contributed by atoms with E-state index in [-0.39, 0.29) is 17.9 Å². The first kappa shape index (κ1) is 16.0. The van der Waals surface area contributed by atoms with Crippen LogP contribution in [0.2, 0.25) is 0 Å². The molecule has 1 saturated heterocycles. The Bertz CT molecular complexity index is 712. The molecule has 3 rings (SSSR count). The number of amides is 1. The monoisotopic (exact) mass is 318 g/mol. The lowest BCUT2D eigenvalue weighted by Crippen LogP contribution is -2.43. The van der Waals surface area contributed by atoms with E-state index < -0.39 is 12.3 Å². The predicted octanol–water partition coefficient (Wildman–Crippen LogP) is 1.13. The number of aliphatic hydroxyl groups is 1. The Hall–Kier alpha value is -1.89. The summed E-state index contributed by atoms with van der Waals surface area (Å²) in [6, 6.07) is 7.56. The molecule has 0 spiro atoms. The van der Waals surface area contributed by atoms with Crippen LogP contribution in [0.4, 0.5) is 0 Å². The molecular formula is C17H22N2O4. The van der Waals surface area contributed by atoms with Gasteiger partial charge in [0.15, 0.2) is 6.29 Å². The number of para-hydroxylation sites is 1. The second kappa shape index (κ2) is 6.31. The van der Waals surface area contributed by atoms with Crippen LogP contribution >= 0.6 is 0 Å². The molecule has 23 heavy (non-hydrogen) atoms. The first-order chi connectivity index (χ1) is 11.0. The number of hydrogen-bond donors (Lipinski definition) is 2. The van der Waals surface area contributed by atoms with Crippen molar-refractivity contribution in [1.29, 1.82) is 0 Å². The lowest BCUT2D eigenvalue weighted by Gasteiger charge is -2.23. The van der Waals surface area contributed by atoms with E-state index >= 15 is 0 Å². The molecule has 1 fully saturated rings. The third-order valence-electron chi connectivity index (χ3n) is 4.40. The minimum atomic E-state index is -1.05. The van der Waals surface area contributed by atoms with Gasteiger partial charge in [-0.15, -0.1) is 0 Å². The molecule has 1 unspecified atom stereocenters. The maximum atomic E-state index is 11.5. The number of carbonyl (C=O) groups excluding carboxylic acids is 1. The maximum absolute atomic E-state index is 11.5. The van der Waals surface area contributed by atoms with Gasteiger partial charge in [0.25, 0.3) is 0 Å². The second-order valence-electron chi connectivity index (χ2n) is 5.99. The summed E-state index contributed by atoms with van der Waals surface area (Å²) in [6.45, 7) is 1.79. The summed E-state index contributed by atoms with van der Waals surface area (Å²) in [5.41, 5.74) is 2.14. The van der Waals surface area contributed by atoms with Crippen molar-refractivity contribution < 1.29 is 19.4 Å². The fourth-order valence-electron chi connectivity index (χ4n) is 3.49. The van der Waals surface area contributed by atoms with Crippen molar-refractivity contribution in [3.63, 3.8) is 0 Å². The first-order valence-electron chi connectivity index (χ1n) is 7.66. The van der Waals surface area contributed by atoms with Crippen LogP contribution in [0, 0.1) is 0 Å². The van der Waals surface area contributed by atoms with Gasteiger partial charge in [-0.05, 0) is 11.6 Å². The van der Waals surface area contributed by atoms with Gasteiger partial charge in [0, 0.05) is 44.1 Å². The van der Waals surface area contributed by atoms with Crippen LogP contribution in [0.25, 0.3) is 10.9 Å². The standard InChI is InChI=1S/C17H22N2O4/c1-10(20)18-16-15(14(9-22-3)23-17(16)21)12-8-19(2)13-7-5-4-6-11(12)13/h4-8,14-17,21H,9H2,1-3H3,(H,18,20)/t14-,15-,16+,17?/m1/s1. The Labute approximate surface area is 135 Å². The van der Waals surface area contributed by atoms with Crippen molar-refractivity contribution in [3.05, 3.63) is 36.0 Å². The number of carbonyl (C=O) groups is 1. The fraction of sp³-hybridized carbons (Fsp3) is 0.471. The zero-order valence-electron chi connectivity index (χ0n) is 13.5. The van der Waals surface area contributed by atoms with Crippen LogP contribution < -0.4 is 5.32 Å². The topological polar surface area (TPSA) is 72.7 Å². The van der Waals surface area contributed by atoms with Crippen LogP contribution in [0.15, 0.2) is 30.5 Å². The number of hydrogen-bond acceptors (Lipinski definition) is 4. The number of fused-ring (bicyclic) bond motifs is 1. The zero-order valence-corrected chi connectivity index (χ0v) is 13.5. The fourth-order valence-corrected chi connectivity index (χ4v) is 3.49. The summed E-state index contributed by atoms with van der Waals surface area (Å²) in [4.78, 5) is 11.5. The summed E-state index contributed by atoms with van der Waals surface area (Å²) in [7, 11) is 3.58.